The maximum absolute atomic E-state index is 10.7. The molecule has 0 aliphatic rings. The van der Waals surface area contributed by atoms with Crippen LogP contribution in [0.4, 0.5) is 5.69 Å². The van der Waals surface area contributed by atoms with E-state index in [1.807, 2.05) is 12.1 Å². The Labute approximate surface area is 83.6 Å². The Morgan fingerprint density at radius 1 is 1.29 bits per heavy atom. The fourth-order valence-corrected chi connectivity index (χ4v) is 1.39. The number of aromatic nitrogens is 1. The predicted octanol–water partition coefficient (Wildman–Crippen LogP) is 0.0427. The molecule has 0 bridgehead atoms. The second-order valence-corrected chi connectivity index (χ2v) is 4.66. The molecule has 0 saturated heterocycles. The molecule has 1 heterocycles. The molecular weight excluding hydrogens is 202 g/mol. The van der Waals surface area contributed by atoms with Crippen molar-refractivity contribution in [1.82, 2.24) is 9.71 Å². The Bertz CT molecular complexity index is 363. The minimum Gasteiger partial charge on any atom is -0.384 e. The predicted molar refractivity (Wildman–Crippen MR) is 55.6 cm³/mol. The van der Waals surface area contributed by atoms with E-state index < -0.39 is 10.0 Å². The van der Waals surface area contributed by atoms with Crippen molar-refractivity contribution in [3.05, 3.63) is 24.5 Å². The van der Waals surface area contributed by atoms with Crippen molar-refractivity contribution in [2.75, 3.05) is 24.7 Å². The third-order valence-electron chi connectivity index (χ3n) is 1.50. The number of hydrogen-bond donors (Lipinski definition) is 2. The quantitative estimate of drug-likeness (QED) is 0.680. The van der Waals surface area contributed by atoms with Crippen LogP contribution >= 0.6 is 0 Å². The van der Waals surface area contributed by atoms with Gasteiger partial charge in [0.05, 0.1) is 6.26 Å². The van der Waals surface area contributed by atoms with Gasteiger partial charge in [-0.25, -0.2) is 13.1 Å². The lowest BCUT2D eigenvalue weighted by Gasteiger charge is -2.05. The van der Waals surface area contributed by atoms with Gasteiger partial charge in [-0.2, -0.15) is 0 Å². The Morgan fingerprint density at radius 3 is 2.50 bits per heavy atom. The van der Waals surface area contributed by atoms with Gasteiger partial charge in [0.1, 0.15) is 0 Å². The summed E-state index contributed by atoms with van der Waals surface area (Å²) < 4.78 is 23.8. The fourth-order valence-electron chi connectivity index (χ4n) is 0.913. The molecule has 0 amide bonds. The first-order valence-electron chi connectivity index (χ1n) is 4.16. The molecule has 0 atom stereocenters. The number of nitrogens with one attached hydrogen (secondary N) is 2. The van der Waals surface area contributed by atoms with Gasteiger partial charge in [-0.3, -0.25) is 4.98 Å². The maximum atomic E-state index is 10.7. The zero-order valence-electron chi connectivity index (χ0n) is 7.90. The molecule has 0 aromatic carbocycles. The first-order chi connectivity index (χ1) is 6.58. The van der Waals surface area contributed by atoms with Crippen molar-refractivity contribution < 1.29 is 8.42 Å². The molecular formula is C8H13N3O2S. The molecule has 0 unspecified atom stereocenters. The number of anilines is 1. The summed E-state index contributed by atoms with van der Waals surface area (Å²) in [5, 5.41) is 3.05. The van der Waals surface area contributed by atoms with Gasteiger partial charge in [0.2, 0.25) is 10.0 Å². The van der Waals surface area contributed by atoms with Crippen LogP contribution in [0.15, 0.2) is 24.5 Å². The summed E-state index contributed by atoms with van der Waals surface area (Å²) in [4.78, 5) is 3.86. The molecule has 1 aromatic heterocycles. The number of nitrogens with zero attached hydrogens (tertiary/aromatic N) is 1. The monoisotopic (exact) mass is 215 g/mol. The zero-order chi connectivity index (χ0) is 10.4. The van der Waals surface area contributed by atoms with Gasteiger partial charge >= 0.3 is 0 Å². The molecule has 0 spiro atoms. The number of rotatable bonds is 5. The Balaban J connectivity index is 2.23. The van der Waals surface area contributed by atoms with Gasteiger partial charge in [0.25, 0.3) is 0 Å². The molecule has 0 saturated carbocycles. The van der Waals surface area contributed by atoms with E-state index in [1.165, 1.54) is 0 Å². The minimum absolute atomic E-state index is 0.376. The minimum atomic E-state index is -3.08. The number of pyridine rings is 1. The molecule has 6 heteroatoms. The summed E-state index contributed by atoms with van der Waals surface area (Å²) in [6.45, 7) is 0.929. The summed E-state index contributed by atoms with van der Waals surface area (Å²) >= 11 is 0. The lowest BCUT2D eigenvalue weighted by molar-refractivity contribution is 0.589. The zero-order valence-corrected chi connectivity index (χ0v) is 8.71. The SMILES string of the molecule is CS(=O)(=O)NCCNc1ccncc1. The van der Waals surface area contributed by atoms with Crippen molar-refractivity contribution in [2.45, 2.75) is 0 Å². The summed E-state index contributed by atoms with van der Waals surface area (Å²) in [6, 6.07) is 3.64. The average Bonchev–Trinajstić information content (AvgIpc) is 2.13. The van der Waals surface area contributed by atoms with E-state index in [-0.39, 0.29) is 0 Å². The van der Waals surface area contributed by atoms with Crippen LogP contribution in [-0.4, -0.2) is 32.7 Å². The highest BCUT2D eigenvalue weighted by molar-refractivity contribution is 7.88. The summed E-state index contributed by atoms with van der Waals surface area (Å²) in [5.74, 6) is 0. The molecule has 0 fully saturated rings. The van der Waals surface area contributed by atoms with Crippen molar-refractivity contribution in [2.24, 2.45) is 0 Å². The van der Waals surface area contributed by atoms with Gasteiger partial charge < -0.3 is 5.32 Å². The second-order valence-electron chi connectivity index (χ2n) is 2.83. The molecule has 78 valence electrons. The van der Waals surface area contributed by atoms with Crippen LogP contribution in [0.1, 0.15) is 0 Å². The number of sulfonamides is 1. The second kappa shape index (κ2) is 4.92. The van der Waals surface area contributed by atoms with Crippen molar-refractivity contribution in [3.63, 3.8) is 0 Å². The Hall–Kier alpha value is -1.14. The van der Waals surface area contributed by atoms with Crippen molar-refractivity contribution in [3.8, 4) is 0 Å². The van der Waals surface area contributed by atoms with E-state index in [0.29, 0.717) is 13.1 Å². The molecule has 14 heavy (non-hydrogen) atoms. The fraction of sp³-hybridized carbons (Fsp3) is 0.375. The highest BCUT2D eigenvalue weighted by Gasteiger charge is 1.97. The highest BCUT2D eigenvalue weighted by atomic mass is 32.2. The maximum Gasteiger partial charge on any atom is 0.208 e. The average molecular weight is 215 g/mol. The largest absolute Gasteiger partial charge is 0.384 e. The molecule has 2 N–H and O–H groups in total. The lowest BCUT2D eigenvalue weighted by atomic mass is 10.4. The van der Waals surface area contributed by atoms with Crippen LogP contribution in [-0.2, 0) is 10.0 Å². The van der Waals surface area contributed by atoms with E-state index >= 15 is 0 Å². The highest BCUT2D eigenvalue weighted by Crippen LogP contribution is 2.01. The molecule has 0 radical (unpaired) electrons. The molecule has 0 aliphatic carbocycles. The van der Waals surface area contributed by atoms with E-state index in [4.69, 9.17) is 0 Å². The van der Waals surface area contributed by atoms with Gasteiger partial charge in [-0.05, 0) is 12.1 Å². The van der Waals surface area contributed by atoms with Crippen LogP contribution in [0.3, 0.4) is 0 Å². The van der Waals surface area contributed by atoms with Crippen LogP contribution in [0, 0.1) is 0 Å². The molecule has 5 nitrogen and oxygen atoms in total. The molecule has 0 aliphatic heterocycles. The van der Waals surface area contributed by atoms with Crippen LogP contribution in [0.25, 0.3) is 0 Å². The molecule has 1 rings (SSSR count). The van der Waals surface area contributed by atoms with Gasteiger partial charge in [0.15, 0.2) is 0 Å². The lowest BCUT2D eigenvalue weighted by Crippen LogP contribution is -2.27. The van der Waals surface area contributed by atoms with Gasteiger partial charge in [0, 0.05) is 31.2 Å². The topological polar surface area (TPSA) is 71.1 Å². The third-order valence-corrected chi connectivity index (χ3v) is 2.23. The van der Waals surface area contributed by atoms with Gasteiger partial charge in [-0.1, -0.05) is 0 Å². The van der Waals surface area contributed by atoms with E-state index in [0.717, 1.165) is 11.9 Å². The number of hydrogen-bond acceptors (Lipinski definition) is 4. The van der Waals surface area contributed by atoms with Crippen LogP contribution < -0.4 is 10.0 Å². The molecule has 1 aromatic rings. The first-order valence-corrected chi connectivity index (χ1v) is 6.05. The smallest absolute Gasteiger partial charge is 0.208 e. The van der Waals surface area contributed by atoms with Gasteiger partial charge in [-0.15, -0.1) is 0 Å². The summed E-state index contributed by atoms with van der Waals surface area (Å²) in [7, 11) is -3.08. The normalized spacial score (nSPS) is 11.2. The van der Waals surface area contributed by atoms with Crippen LogP contribution in [0.5, 0.6) is 0 Å². The van der Waals surface area contributed by atoms with E-state index in [9.17, 15) is 8.42 Å². The van der Waals surface area contributed by atoms with Crippen molar-refractivity contribution in [1.29, 1.82) is 0 Å². The standard InChI is InChI=1S/C8H13N3O2S/c1-14(12,13)11-7-6-10-8-2-4-9-5-3-8/h2-5,11H,6-7H2,1H3,(H,9,10). The Morgan fingerprint density at radius 2 is 1.93 bits per heavy atom. The summed E-state index contributed by atoms with van der Waals surface area (Å²) in [5.41, 5.74) is 0.926. The first kappa shape index (κ1) is 10.9. The Kier molecular flexibility index (Phi) is 3.84. The van der Waals surface area contributed by atoms with Crippen LogP contribution in [0.2, 0.25) is 0 Å². The summed E-state index contributed by atoms with van der Waals surface area (Å²) in [6.07, 6.45) is 4.48. The third kappa shape index (κ3) is 4.78. The van der Waals surface area contributed by atoms with Crippen molar-refractivity contribution >= 4 is 15.7 Å². The van der Waals surface area contributed by atoms with E-state index in [1.54, 1.807) is 12.4 Å². The van der Waals surface area contributed by atoms with E-state index in [2.05, 4.69) is 15.0 Å².